The molecule has 150 valence electrons. The molecule has 0 aromatic heterocycles. The number of anilines is 1. The average molecular weight is 399 g/mol. The first kappa shape index (κ1) is 18.6. The van der Waals surface area contributed by atoms with E-state index >= 15 is 0 Å². The van der Waals surface area contributed by atoms with Gasteiger partial charge in [-0.25, -0.2) is 9.69 Å². The van der Waals surface area contributed by atoms with Crippen LogP contribution >= 0.6 is 0 Å². The van der Waals surface area contributed by atoms with Crippen molar-refractivity contribution in [1.82, 2.24) is 0 Å². The molecule has 0 radical (unpaired) electrons. The number of allylic oxidation sites excluding steroid dienone is 4. The number of nitrogens with zero attached hydrogens (tertiary/aromatic N) is 1. The molecule has 5 heteroatoms. The van der Waals surface area contributed by atoms with E-state index in [1.807, 2.05) is 18.2 Å². The number of hydrogen-bond acceptors (Lipinski definition) is 4. The van der Waals surface area contributed by atoms with E-state index < -0.39 is 17.8 Å². The Morgan fingerprint density at radius 1 is 0.867 bits per heavy atom. The lowest BCUT2D eigenvalue weighted by Gasteiger charge is -2.21. The minimum atomic E-state index is -0.565. The molecule has 2 aromatic carbocycles. The molecule has 4 atom stereocenters. The number of esters is 1. The Labute approximate surface area is 174 Å². The fourth-order valence-electron chi connectivity index (χ4n) is 5.31. The van der Waals surface area contributed by atoms with Crippen LogP contribution in [-0.2, 0) is 14.3 Å². The summed E-state index contributed by atoms with van der Waals surface area (Å²) in [5, 5.41) is 0. The first-order valence-corrected chi connectivity index (χ1v) is 10.0. The highest BCUT2D eigenvalue weighted by molar-refractivity contribution is 6.25. The molecule has 2 aliphatic carbocycles. The molecule has 2 amide bonds. The summed E-state index contributed by atoms with van der Waals surface area (Å²) >= 11 is 0. The van der Waals surface area contributed by atoms with Crippen LogP contribution < -0.4 is 4.90 Å². The van der Waals surface area contributed by atoms with Crippen LogP contribution in [0, 0.1) is 23.7 Å². The van der Waals surface area contributed by atoms with Crippen molar-refractivity contribution in [3.05, 3.63) is 83.4 Å². The fraction of sp³-hybridized carbons (Fsp3) is 0.240. The third-order valence-electron chi connectivity index (χ3n) is 6.61. The number of rotatable bonds is 3. The number of imide groups is 1. The summed E-state index contributed by atoms with van der Waals surface area (Å²) in [7, 11) is 1.29. The van der Waals surface area contributed by atoms with E-state index in [9.17, 15) is 14.4 Å². The smallest absolute Gasteiger partial charge is 0.339 e. The van der Waals surface area contributed by atoms with Gasteiger partial charge < -0.3 is 4.74 Å². The summed E-state index contributed by atoms with van der Waals surface area (Å²) in [5.41, 5.74) is 3.93. The van der Waals surface area contributed by atoms with Gasteiger partial charge in [0.2, 0.25) is 11.8 Å². The molecule has 2 bridgehead atoms. The van der Waals surface area contributed by atoms with Gasteiger partial charge in [0, 0.05) is 11.8 Å². The van der Waals surface area contributed by atoms with Crippen molar-refractivity contribution in [2.45, 2.75) is 6.92 Å². The van der Waals surface area contributed by atoms with Crippen molar-refractivity contribution in [3.8, 4) is 0 Å². The van der Waals surface area contributed by atoms with E-state index in [1.54, 1.807) is 24.3 Å². The SMILES string of the molecule is COC(=O)c1ccccc1N1C(=O)[C@@H]2[C@H](C1=O)[C@H]1C=C[C@H]2C1=C(C)c1ccccc1. The Kier molecular flexibility index (Phi) is 4.21. The van der Waals surface area contributed by atoms with Crippen molar-refractivity contribution in [2.24, 2.45) is 23.7 Å². The minimum absolute atomic E-state index is 0.0908. The first-order chi connectivity index (χ1) is 14.5. The topological polar surface area (TPSA) is 63.7 Å². The van der Waals surface area contributed by atoms with Crippen molar-refractivity contribution >= 4 is 29.0 Å². The zero-order valence-electron chi connectivity index (χ0n) is 16.7. The minimum Gasteiger partial charge on any atom is -0.465 e. The van der Waals surface area contributed by atoms with E-state index in [0.717, 1.165) is 11.1 Å². The van der Waals surface area contributed by atoms with Crippen LogP contribution in [0.4, 0.5) is 5.69 Å². The second-order valence-electron chi connectivity index (χ2n) is 7.96. The lowest BCUT2D eigenvalue weighted by Crippen LogP contribution is -2.34. The Bertz CT molecular complexity index is 1100. The van der Waals surface area contributed by atoms with Gasteiger partial charge in [-0.2, -0.15) is 0 Å². The van der Waals surface area contributed by atoms with Crippen LogP contribution in [0.15, 0.2) is 72.3 Å². The molecule has 1 heterocycles. The highest BCUT2D eigenvalue weighted by Gasteiger charge is 2.62. The number of carbonyl (C=O) groups excluding carboxylic acids is 3. The lowest BCUT2D eigenvalue weighted by molar-refractivity contribution is -0.122. The molecule has 5 nitrogen and oxygen atoms in total. The molecule has 0 unspecified atom stereocenters. The highest BCUT2D eigenvalue weighted by atomic mass is 16.5. The first-order valence-electron chi connectivity index (χ1n) is 10.0. The summed E-state index contributed by atoms with van der Waals surface area (Å²) < 4.78 is 4.85. The zero-order chi connectivity index (χ0) is 21.0. The number of amides is 2. The zero-order valence-corrected chi connectivity index (χ0v) is 16.7. The Morgan fingerprint density at radius 2 is 1.43 bits per heavy atom. The number of hydrogen-bond donors (Lipinski definition) is 0. The van der Waals surface area contributed by atoms with Crippen LogP contribution in [0.3, 0.4) is 0 Å². The second kappa shape index (κ2) is 6.80. The number of ether oxygens (including phenoxy) is 1. The van der Waals surface area contributed by atoms with Gasteiger partial charge in [0.15, 0.2) is 0 Å². The maximum Gasteiger partial charge on any atom is 0.339 e. The van der Waals surface area contributed by atoms with Gasteiger partial charge in [-0.3, -0.25) is 9.59 Å². The molecule has 0 N–H and O–H groups in total. The maximum atomic E-state index is 13.5. The normalized spacial score (nSPS) is 28.1. The number of para-hydroxylation sites is 1. The fourth-order valence-corrected chi connectivity index (χ4v) is 5.31. The second-order valence-corrected chi connectivity index (χ2v) is 7.96. The van der Waals surface area contributed by atoms with Gasteiger partial charge in [-0.15, -0.1) is 0 Å². The molecule has 1 saturated heterocycles. The molecule has 3 aliphatic rings. The standard InChI is InChI=1S/C25H21NO4/c1-14(15-8-4-3-5-9-15)20-17-12-13-18(20)22-21(17)23(27)26(24(22)28)19-11-7-6-10-16(19)25(29)30-2/h3-13,17-18,21-22H,1-2H3/t17-,18-,21-,22+/m0/s1. The third-order valence-corrected chi connectivity index (χ3v) is 6.61. The summed E-state index contributed by atoms with van der Waals surface area (Å²) in [4.78, 5) is 40.3. The van der Waals surface area contributed by atoms with Crippen molar-refractivity contribution < 1.29 is 19.1 Å². The third kappa shape index (κ3) is 2.45. The van der Waals surface area contributed by atoms with Crippen LogP contribution in [0.5, 0.6) is 0 Å². The van der Waals surface area contributed by atoms with Crippen molar-refractivity contribution in [3.63, 3.8) is 0 Å². The predicted molar refractivity (Wildman–Crippen MR) is 112 cm³/mol. The summed E-state index contributed by atoms with van der Waals surface area (Å²) in [6.45, 7) is 2.07. The molecule has 1 aliphatic heterocycles. The van der Waals surface area contributed by atoms with Crippen molar-refractivity contribution in [1.29, 1.82) is 0 Å². The van der Waals surface area contributed by atoms with E-state index in [0.29, 0.717) is 5.69 Å². The molecular formula is C25H21NO4. The largest absolute Gasteiger partial charge is 0.465 e. The van der Waals surface area contributed by atoms with Gasteiger partial charge >= 0.3 is 5.97 Å². The van der Waals surface area contributed by atoms with Crippen LogP contribution in [0.2, 0.25) is 0 Å². The van der Waals surface area contributed by atoms with E-state index in [2.05, 4.69) is 31.2 Å². The van der Waals surface area contributed by atoms with E-state index in [4.69, 9.17) is 4.74 Å². The number of fused-ring (bicyclic) bond motifs is 5. The molecular weight excluding hydrogens is 378 g/mol. The van der Waals surface area contributed by atoms with E-state index in [-0.39, 0.29) is 29.2 Å². The summed E-state index contributed by atoms with van der Waals surface area (Å²) in [6.07, 6.45) is 4.13. The molecule has 2 fully saturated rings. The molecule has 2 aromatic rings. The number of carbonyl (C=O) groups is 3. The predicted octanol–water partition coefficient (Wildman–Crippen LogP) is 3.87. The highest BCUT2D eigenvalue weighted by Crippen LogP contribution is 2.58. The number of methoxy groups -OCH3 is 1. The summed E-state index contributed by atoms with van der Waals surface area (Å²) in [5.74, 6) is -2.07. The molecule has 30 heavy (non-hydrogen) atoms. The van der Waals surface area contributed by atoms with Gasteiger partial charge in [-0.1, -0.05) is 60.2 Å². The van der Waals surface area contributed by atoms with Crippen molar-refractivity contribution in [2.75, 3.05) is 12.0 Å². The Hall–Kier alpha value is -3.47. The average Bonchev–Trinajstić information content (AvgIpc) is 3.42. The van der Waals surface area contributed by atoms with Gasteiger partial charge in [0.25, 0.3) is 0 Å². The Balaban J connectivity index is 1.56. The molecule has 5 rings (SSSR count). The van der Waals surface area contributed by atoms with Gasteiger partial charge in [-0.05, 0) is 30.2 Å². The van der Waals surface area contributed by atoms with Gasteiger partial charge in [0.1, 0.15) is 0 Å². The summed E-state index contributed by atoms with van der Waals surface area (Å²) in [6, 6.07) is 16.7. The molecule has 0 spiro atoms. The maximum absolute atomic E-state index is 13.5. The molecule has 1 saturated carbocycles. The van der Waals surface area contributed by atoms with Crippen LogP contribution in [0.25, 0.3) is 5.57 Å². The van der Waals surface area contributed by atoms with Crippen LogP contribution in [0.1, 0.15) is 22.8 Å². The van der Waals surface area contributed by atoms with Gasteiger partial charge in [0.05, 0.1) is 30.2 Å². The quantitative estimate of drug-likeness (QED) is 0.447. The lowest BCUT2D eigenvalue weighted by atomic mass is 9.85. The number of benzene rings is 2. The Morgan fingerprint density at radius 3 is 2.03 bits per heavy atom. The van der Waals surface area contributed by atoms with Crippen LogP contribution in [-0.4, -0.2) is 24.9 Å². The van der Waals surface area contributed by atoms with E-state index in [1.165, 1.54) is 17.6 Å². The monoisotopic (exact) mass is 399 g/mol.